The first-order valence-electron chi connectivity index (χ1n) is 6.33. The summed E-state index contributed by atoms with van der Waals surface area (Å²) in [6, 6.07) is 0. The van der Waals surface area contributed by atoms with E-state index < -0.39 is 0 Å². The molecule has 100 valence electrons. The second-order valence-electron chi connectivity index (χ2n) is 4.75. The zero-order valence-corrected chi connectivity index (χ0v) is 10.7. The van der Waals surface area contributed by atoms with Crippen LogP contribution in [0.5, 0.6) is 0 Å². The Morgan fingerprint density at radius 1 is 1.47 bits per heavy atom. The molecule has 1 fully saturated rings. The minimum atomic E-state index is -0.319. The normalized spacial score (nSPS) is 20.6. The molecule has 0 aliphatic carbocycles. The first-order chi connectivity index (χ1) is 9.25. The zero-order valence-electron chi connectivity index (χ0n) is 10.7. The van der Waals surface area contributed by atoms with Crippen molar-refractivity contribution in [2.45, 2.75) is 25.2 Å². The van der Waals surface area contributed by atoms with Crippen LogP contribution in [0.4, 0.5) is 0 Å². The molecule has 0 bridgehead atoms. The lowest BCUT2D eigenvalue weighted by atomic mass is 10.0. The second kappa shape index (κ2) is 4.83. The summed E-state index contributed by atoms with van der Waals surface area (Å²) < 4.78 is 5.25. The largest absolute Gasteiger partial charge is 0.345 e. The number of nitrogens with one attached hydrogen (secondary N) is 1. The molecule has 1 N–H and O–H groups in total. The van der Waals surface area contributed by atoms with Crippen LogP contribution < -0.4 is 0 Å². The maximum Gasteiger partial charge on any atom is 0.239 e. The number of aromatic amines is 1. The highest BCUT2D eigenvalue weighted by Crippen LogP contribution is 2.27. The van der Waals surface area contributed by atoms with Crippen molar-refractivity contribution < 1.29 is 9.32 Å². The number of likely N-dealkylation sites (tertiary alicyclic amines) is 1. The van der Waals surface area contributed by atoms with E-state index in [4.69, 9.17) is 4.52 Å². The van der Waals surface area contributed by atoms with Crippen LogP contribution in [-0.4, -0.2) is 44.7 Å². The summed E-state index contributed by atoms with van der Waals surface area (Å²) >= 11 is 0. The lowest BCUT2D eigenvalue weighted by Crippen LogP contribution is -2.30. The average molecular weight is 261 g/mol. The van der Waals surface area contributed by atoms with Gasteiger partial charge in [-0.05, 0) is 12.8 Å². The number of rotatable bonds is 2. The van der Waals surface area contributed by atoms with Gasteiger partial charge in [0.05, 0.1) is 11.8 Å². The molecule has 1 atom stereocenters. The van der Waals surface area contributed by atoms with Crippen molar-refractivity contribution >= 4 is 5.91 Å². The predicted molar refractivity (Wildman–Crippen MR) is 66.1 cm³/mol. The quantitative estimate of drug-likeness (QED) is 0.877. The Bertz CT molecular complexity index is 562. The van der Waals surface area contributed by atoms with E-state index in [-0.39, 0.29) is 11.8 Å². The van der Waals surface area contributed by atoms with Crippen LogP contribution in [0, 0.1) is 0 Å². The monoisotopic (exact) mass is 261 g/mol. The van der Waals surface area contributed by atoms with Crippen LogP contribution in [0.1, 0.15) is 31.1 Å². The van der Waals surface area contributed by atoms with E-state index in [2.05, 4.69) is 20.3 Å². The van der Waals surface area contributed by atoms with Gasteiger partial charge in [-0.15, -0.1) is 0 Å². The molecule has 0 aromatic carbocycles. The van der Waals surface area contributed by atoms with E-state index >= 15 is 0 Å². The first kappa shape index (κ1) is 11.9. The van der Waals surface area contributed by atoms with Gasteiger partial charge in [0.1, 0.15) is 5.92 Å². The SMILES string of the molecule is CN1CCCC[C@@H](c2nc(-c3cn[nH]c3)no2)C1=O. The van der Waals surface area contributed by atoms with Crippen molar-refractivity contribution in [2.75, 3.05) is 13.6 Å². The fourth-order valence-corrected chi connectivity index (χ4v) is 2.29. The van der Waals surface area contributed by atoms with Crippen molar-refractivity contribution in [1.29, 1.82) is 0 Å². The summed E-state index contributed by atoms with van der Waals surface area (Å²) in [7, 11) is 1.81. The lowest BCUT2D eigenvalue weighted by molar-refractivity contribution is -0.131. The fraction of sp³-hybridized carbons (Fsp3) is 0.500. The molecule has 1 amide bonds. The summed E-state index contributed by atoms with van der Waals surface area (Å²) in [6.45, 7) is 0.790. The topological polar surface area (TPSA) is 87.9 Å². The summed E-state index contributed by atoms with van der Waals surface area (Å²) in [5.74, 6) is 0.596. The molecule has 2 aromatic rings. The highest BCUT2D eigenvalue weighted by atomic mass is 16.5. The number of amides is 1. The second-order valence-corrected chi connectivity index (χ2v) is 4.75. The summed E-state index contributed by atoms with van der Waals surface area (Å²) in [4.78, 5) is 18.3. The van der Waals surface area contributed by atoms with Gasteiger partial charge in [-0.2, -0.15) is 10.1 Å². The van der Waals surface area contributed by atoms with E-state index in [1.807, 2.05) is 7.05 Å². The van der Waals surface area contributed by atoms with Crippen LogP contribution in [0.15, 0.2) is 16.9 Å². The third-order valence-electron chi connectivity index (χ3n) is 3.41. The molecule has 3 rings (SSSR count). The van der Waals surface area contributed by atoms with Crippen LogP contribution in [0.25, 0.3) is 11.4 Å². The van der Waals surface area contributed by atoms with E-state index in [0.717, 1.165) is 31.4 Å². The van der Waals surface area contributed by atoms with E-state index in [9.17, 15) is 4.79 Å². The van der Waals surface area contributed by atoms with Crippen molar-refractivity contribution in [3.8, 4) is 11.4 Å². The van der Waals surface area contributed by atoms with Crippen molar-refractivity contribution in [3.63, 3.8) is 0 Å². The average Bonchev–Trinajstić information content (AvgIpc) is 3.05. The van der Waals surface area contributed by atoms with Gasteiger partial charge < -0.3 is 9.42 Å². The molecular formula is C12H15N5O2. The number of aromatic nitrogens is 4. The molecule has 0 radical (unpaired) electrons. The third kappa shape index (κ3) is 2.23. The highest BCUT2D eigenvalue weighted by Gasteiger charge is 2.31. The molecule has 7 heteroatoms. The minimum absolute atomic E-state index is 0.0555. The Morgan fingerprint density at radius 2 is 2.37 bits per heavy atom. The molecule has 7 nitrogen and oxygen atoms in total. The number of likely N-dealkylation sites (N-methyl/N-ethyl adjacent to an activating group) is 1. The van der Waals surface area contributed by atoms with E-state index in [1.54, 1.807) is 17.3 Å². The molecule has 0 unspecified atom stereocenters. The molecule has 0 spiro atoms. The number of carbonyl (C=O) groups excluding carboxylic acids is 1. The minimum Gasteiger partial charge on any atom is -0.345 e. The Labute approximate surface area is 110 Å². The molecule has 3 heterocycles. The van der Waals surface area contributed by atoms with Gasteiger partial charge in [0.25, 0.3) is 0 Å². The maximum atomic E-state index is 12.2. The number of hydrogen-bond acceptors (Lipinski definition) is 5. The van der Waals surface area contributed by atoms with Gasteiger partial charge in [0, 0.05) is 19.8 Å². The lowest BCUT2D eigenvalue weighted by Gasteiger charge is -2.16. The molecule has 1 aliphatic rings. The van der Waals surface area contributed by atoms with Crippen LogP contribution in [0.3, 0.4) is 0 Å². The number of hydrogen-bond donors (Lipinski definition) is 1. The Balaban J connectivity index is 1.87. The Hall–Kier alpha value is -2.18. The summed E-state index contributed by atoms with van der Waals surface area (Å²) in [6.07, 6.45) is 6.08. The summed E-state index contributed by atoms with van der Waals surface area (Å²) in [5.41, 5.74) is 0.754. The van der Waals surface area contributed by atoms with E-state index in [1.165, 1.54) is 0 Å². The van der Waals surface area contributed by atoms with Gasteiger partial charge in [0.2, 0.25) is 17.6 Å². The van der Waals surface area contributed by atoms with Gasteiger partial charge in [-0.25, -0.2) is 0 Å². The Morgan fingerprint density at radius 3 is 3.16 bits per heavy atom. The predicted octanol–water partition coefficient (Wildman–Crippen LogP) is 1.19. The molecule has 2 aromatic heterocycles. The van der Waals surface area contributed by atoms with Gasteiger partial charge in [-0.3, -0.25) is 9.89 Å². The number of H-pyrrole nitrogens is 1. The number of nitrogens with zero attached hydrogens (tertiary/aromatic N) is 4. The number of carbonyl (C=O) groups is 1. The molecular weight excluding hydrogens is 246 g/mol. The van der Waals surface area contributed by atoms with E-state index in [0.29, 0.717) is 11.7 Å². The van der Waals surface area contributed by atoms with Gasteiger partial charge >= 0.3 is 0 Å². The molecule has 0 saturated carbocycles. The third-order valence-corrected chi connectivity index (χ3v) is 3.41. The molecule has 1 saturated heterocycles. The van der Waals surface area contributed by atoms with Gasteiger partial charge in [-0.1, -0.05) is 11.6 Å². The van der Waals surface area contributed by atoms with Crippen LogP contribution in [0.2, 0.25) is 0 Å². The zero-order chi connectivity index (χ0) is 13.2. The van der Waals surface area contributed by atoms with Crippen molar-refractivity contribution in [3.05, 3.63) is 18.3 Å². The Kier molecular flexibility index (Phi) is 3.02. The maximum absolute atomic E-state index is 12.2. The fourth-order valence-electron chi connectivity index (χ4n) is 2.29. The van der Waals surface area contributed by atoms with Crippen LogP contribution >= 0.6 is 0 Å². The molecule has 19 heavy (non-hydrogen) atoms. The van der Waals surface area contributed by atoms with Crippen molar-refractivity contribution in [1.82, 2.24) is 25.2 Å². The highest BCUT2D eigenvalue weighted by molar-refractivity contribution is 5.82. The first-order valence-corrected chi connectivity index (χ1v) is 6.33. The van der Waals surface area contributed by atoms with Gasteiger partial charge in [0.15, 0.2) is 0 Å². The van der Waals surface area contributed by atoms with Crippen molar-refractivity contribution in [2.24, 2.45) is 0 Å². The summed E-state index contributed by atoms with van der Waals surface area (Å²) in [5, 5.41) is 10.4. The molecule has 1 aliphatic heterocycles. The van der Waals surface area contributed by atoms with Crippen LogP contribution in [-0.2, 0) is 4.79 Å². The standard InChI is InChI=1S/C12H15N5O2/c1-17-5-3-2-4-9(12(17)18)11-15-10(16-19-11)8-6-13-14-7-8/h6-7,9H,2-5H2,1H3,(H,13,14)/t9-/m0/s1. The smallest absolute Gasteiger partial charge is 0.239 e.